The third kappa shape index (κ3) is 5.72. The molecule has 0 bridgehead atoms. The van der Waals surface area contributed by atoms with Crippen molar-refractivity contribution in [3.63, 3.8) is 0 Å². The number of aliphatic imine (C=N–C) groups is 1. The molecule has 18 heavy (non-hydrogen) atoms. The van der Waals surface area contributed by atoms with Gasteiger partial charge in [0.05, 0.1) is 6.26 Å². The Hall–Kier alpha value is -1.49. The van der Waals surface area contributed by atoms with Gasteiger partial charge in [0.15, 0.2) is 0 Å². The molecule has 1 aromatic rings. The summed E-state index contributed by atoms with van der Waals surface area (Å²) in [5.74, 6) is 7.61. The number of aryl methyl sites for hydroxylation is 1. The van der Waals surface area contributed by atoms with E-state index in [1.54, 1.807) is 6.26 Å². The molecule has 0 aliphatic heterocycles. The van der Waals surface area contributed by atoms with E-state index in [9.17, 15) is 0 Å². The largest absolute Gasteiger partial charge is 0.469 e. The van der Waals surface area contributed by atoms with Gasteiger partial charge in [0.1, 0.15) is 5.76 Å². The second-order valence-corrected chi connectivity index (χ2v) is 4.89. The van der Waals surface area contributed by atoms with Gasteiger partial charge in [-0.1, -0.05) is 13.8 Å². The summed E-state index contributed by atoms with van der Waals surface area (Å²) in [6.45, 7) is 7.11. The Morgan fingerprint density at radius 1 is 1.44 bits per heavy atom. The molecule has 0 radical (unpaired) electrons. The molecule has 1 aromatic heterocycles. The maximum Gasteiger partial charge on any atom is 0.205 e. The maximum atomic E-state index is 5.44. The van der Waals surface area contributed by atoms with Crippen LogP contribution in [0.4, 0.5) is 0 Å². The van der Waals surface area contributed by atoms with E-state index in [0.717, 1.165) is 25.1 Å². The number of guanidine groups is 1. The Balaban J connectivity index is 2.32. The minimum absolute atomic E-state index is 0.289. The third-order valence-corrected chi connectivity index (χ3v) is 2.54. The standard InChI is InChI=1S/C13H24N4O/c1-10(2)9-15-13(17-14)16-11(3)6-7-12-5-4-8-18-12/h4-5,8,10-11H,6-7,9,14H2,1-3H3,(H2,15,16,17). The predicted molar refractivity (Wildman–Crippen MR) is 74.1 cm³/mol. The average Bonchev–Trinajstić information content (AvgIpc) is 2.84. The van der Waals surface area contributed by atoms with Crippen LogP contribution < -0.4 is 16.6 Å². The Kier molecular flexibility index (Phi) is 6.28. The lowest BCUT2D eigenvalue weighted by atomic mass is 10.1. The Bertz CT molecular complexity index is 346. The normalized spacial score (nSPS) is 13.7. The monoisotopic (exact) mass is 252 g/mol. The van der Waals surface area contributed by atoms with Crippen LogP contribution in [0, 0.1) is 5.92 Å². The zero-order valence-corrected chi connectivity index (χ0v) is 11.4. The van der Waals surface area contributed by atoms with Gasteiger partial charge in [-0.25, -0.2) is 5.84 Å². The van der Waals surface area contributed by atoms with Crippen molar-refractivity contribution >= 4 is 5.96 Å². The second-order valence-electron chi connectivity index (χ2n) is 4.89. The first-order valence-corrected chi connectivity index (χ1v) is 6.41. The van der Waals surface area contributed by atoms with E-state index in [2.05, 4.69) is 36.5 Å². The molecule has 1 atom stereocenters. The zero-order valence-electron chi connectivity index (χ0n) is 11.4. The van der Waals surface area contributed by atoms with E-state index < -0.39 is 0 Å². The highest BCUT2D eigenvalue weighted by Gasteiger charge is 2.06. The summed E-state index contributed by atoms with van der Waals surface area (Å²) >= 11 is 0. The maximum absolute atomic E-state index is 5.44. The van der Waals surface area contributed by atoms with Crippen LogP contribution >= 0.6 is 0 Å². The fraction of sp³-hybridized carbons (Fsp3) is 0.615. The number of nitrogens with two attached hydrogens (primary N) is 1. The molecule has 4 N–H and O–H groups in total. The Morgan fingerprint density at radius 3 is 2.78 bits per heavy atom. The number of nitrogens with one attached hydrogen (secondary N) is 2. The number of hydrazine groups is 1. The SMILES string of the molecule is CC(C)CN=C(NN)NC(C)CCc1ccco1. The highest BCUT2D eigenvalue weighted by Crippen LogP contribution is 2.05. The average molecular weight is 252 g/mol. The third-order valence-electron chi connectivity index (χ3n) is 2.54. The molecule has 0 fully saturated rings. The van der Waals surface area contributed by atoms with Crippen LogP contribution in [-0.2, 0) is 6.42 Å². The van der Waals surface area contributed by atoms with Gasteiger partial charge >= 0.3 is 0 Å². The minimum Gasteiger partial charge on any atom is -0.469 e. The Labute approximate surface area is 109 Å². The van der Waals surface area contributed by atoms with Crippen molar-refractivity contribution in [1.29, 1.82) is 0 Å². The van der Waals surface area contributed by atoms with Crippen LogP contribution in [0.1, 0.15) is 33.0 Å². The smallest absolute Gasteiger partial charge is 0.205 e. The van der Waals surface area contributed by atoms with E-state index in [0.29, 0.717) is 11.9 Å². The first-order chi connectivity index (χ1) is 8.61. The van der Waals surface area contributed by atoms with Crippen LogP contribution in [0.5, 0.6) is 0 Å². The molecule has 0 saturated heterocycles. The number of rotatable bonds is 6. The lowest BCUT2D eigenvalue weighted by Gasteiger charge is -2.16. The molecule has 0 amide bonds. The Morgan fingerprint density at radius 2 is 2.22 bits per heavy atom. The van der Waals surface area contributed by atoms with Gasteiger partial charge in [0, 0.05) is 19.0 Å². The summed E-state index contributed by atoms with van der Waals surface area (Å²) in [4.78, 5) is 4.37. The molecular formula is C13H24N4O. The fourth-order valence-electron chi connectivity index (χ4n) is 1.53. The summed E-state index contributed by atoms with van der Waals surface area (Å²) in [6, 6.07) is 4.18. The van der Waals surface area contributed by atoms with Crippen molar-refractivity contribution in [3.05, 3.63) is 24.2 Å². The van der Waals surface area contributed by atoms with E-state index in [-0.39, 0.29) is 6.04 Å². The van der Waals surface area contributed by atoms with Gasteiger partial charge in [-0.15, -0.1) is 0 Å². The molecule has 1 rings (SSSR count). The molecule has 102 valence electrons. The fourth-order valence-corrected chi connectivity index (χ4v) is 1.53. The van der Waals surface area contributed by atoms with Crippen molar-refractivity contribution in [2.45, 2.75) is 39.7 Å². The van der Waals surface area contributed by atoms with E-state index >= 15 is 0 Å². The van der Waals surface area contributed by atoms with Crippen LogP contribution in [0.3, 0.4) is 0 Å². The van der Waals surface area contributed by atoms with Gasteiger partial charge in [-0.3, -0.25) is 10.4 Å². The van der Waals surface area contributed by atoms with E-state index in [4.69, 9.17) is 10.3 Å². The summed E-state index contributed by atoms with van der Waals surface area (Å²) in [5.41, 5.74) is 2.60. The summed E-state index contributed by atoms with van der Waals surface area (Å²) in [7, 11) is 0. The van der Waals surface area contributed by atoms with Crippen LogP contribution in [0.15, 0.2) is 27.8 Å². The van der Waals surface area contributed by atoms with Gasteiger partial charge in [-0.2, -0.15) is 0 Å². The molecule has 1 heterocycles. The molecule has 0 aliphatic carbocycles. The van der Waals surface area contributed by atoms with E-state index in [1.807, 2.05) is 12.1 Å². The summed E-state index contributed by atoms with van der Waals surface area (Å²) in [5, 5.41) is 3.26. The molecular weight excluding hydrogens is 228 g/mol. The quantitative estimate of drug-likeness (QED) is 0.311. The number of hydrogen-bond donors (Lipinski definition) is 3. The molecule has 0 saturated carbocycles. The van der Waals surface area contributed by atoms with Gasteiger partial charge in [0.2, 0.25) is 5.96 Å². The predicted octanol–water partition coefficient (Wildman–Crippen LogP) is 1.67. The van der Waals surface area contributed by atoms with Crippen molar-refractivity contribution in [2.24, 2.45) is 16.8 Å². The number of furan rings is 1. The van der Waals surface area contributed by atoms with Crippen molar-refractivity contribution in [1.82, 2.24) is 10.7 Å². The molecule has 0 spiro atoms. The molecule has 0 aliphatic rings. The minimum atomic E-state index is 0.289. The zero-order chi connectivity index (χ0) is 13.4. The number of hydrogen-bond acceptors (Lipinski definition) is 3. The van der Waals surface area contributed by atoms with Crippen molar-refractivity contribution < 1.29 is 4.42 Å². The highest BCUT2D eigenvalue weighted by molar-refractivity contribution is 5.79. The second kappa shape index (κ2) is 7.76. The van der Waals surface area contributed by atoms with Crippen LogP contribution in [-0.4, -0.2) is 18.5 Å². The molecule has 0 aromatic carbocycles. The summed E-state index contributed by atoms with van der Waals surface area (Å²) < 4.78 is 5.30. The summed E-state index contributed by atoms with van der Waals surface area (Å²) in [6.07, 6.45) is 3.57. The number of nitrogens with zero attached hydrogens (tertiary/aromatic N) is 1. The van der Waals surface area contributed by atoms with Crippen molar-refractivity contribution in [3.8, 4) is 0 Å². The lowest BCUT2D eigenvalue weighted by molar-refractivity contribution is 0.481. The van der Waals surface area contributed by atoms with Gasteiger partial charge < -0.3 is 9.73 Å². The van der Waals surface area contributed by atoms with Crippen molar-refractivity contribution in [2.75, 3.05) is 6.54 Å². The van der Waals surface area contributed by atoms with E-state index in [1.165, 1.54) is 0 Å². The van der Waals surface area contributed by atoms with Crippen LogP contribution in [0.2, 0.25) is 0 Å². The molecule has 1 unspecified atom stereocenters. The van der Waals surface area contributed by atoms with Crippen LogP contribution in [0.25, 0.3) is 0 Å². The first kappa shape index (κ1) is 14.6. The highest BCUT2D eigenvalue weighted by atomic mass is 16.3. The first-order valence-electron chi connectivity index (χ1n) is 6.41. The van der Waals surface area contributed by atoms with Gasteiger partial charge in [-0.05, 0) is 31.4 Å². The molecule has 5 nitrogen and oxygen atoms in total. The topological polar surface area (TPSA) is 75.6 Å². The van der Waals surface area contributed by atoms with Gasteiger partial charge in [0.25, 0.3) is 0 Å². The molecule has 5 heteroatoms. The lowest BCUT2D eigenvalue weighted by Crippen LogP contribution is -2.45.